The monoisotopic (exact) mass is 371 g/mol. The van der Waals surface area contributed by atoms with Crippen LogP contribution in [0.15, 0.2) is 47.3 Å². The molecule has 0 aliphatic carbocycles. The highest BCUT2D eigenvalue weighted by molar-refractivity contribution is 7.80. The number of hydrogen-bond acceptors (Lipinski definition) is 3. The summed E-state index contributed by atoms with van der Waals surface area (Å²) in [5.41, 5.74) is 1.44. The summed E-state index contributed by atoms with van der Waals surface area (Å²) >= 11 is 5.43. The van der Waals surface area contributed by atoms with E-state index in [-0.39, 0.29) is 23.2 Å². The van der Waals surface area contributed by atoms with Crippen LogP contribution in [0.4, 0.5) is 4.39 Å². The molecule has 1 amide bonds. The molecule has 2 aliphatic rings. The van der Waals surface area contributed by atoms with Gasteiger partial charge in [0.15, 0.2) is 5.11 Å². The molecule has 1 aromatic carbocycles. The molecule has 2 bridgehead atoms. The van der Waals surface area contributed by atoms with Crippen molar-refractivity contribution in [2.75, 3.05) is 13.1 Å². The molecule has 4 rings (SSSR count). The Morgan fingerprint density at radius 3 is 2.65 bits per heavy atom. The Morgan fingerprint density at radius 1 is 1.12 bits per heavy atom. The summed E-state index contributed by atoms with van der Waals surface area (Å²) in [5, 5.41) is 3.11. The zero-order chi connectivity index (χ0) is 18.3. The Kier molecular flexibility index (Phi) is 4.32. The van der Waals surface area contributed by atoms with Gasteiger partial charge < -0.3 is 9.47 Å². The van der Waals surface area contributed by atoms with Crippen LogP contribution in [-0.4, -0.2) is 33.6 Å². The summed E-state index contributed by atoms with van der Waals surface area (Å²) in [4.78, 5) is 26.4. The van der Waals surface area contributed by atoms with E-state index < -0.39 is 0 Å². The normalized spacial score (nSPS) is 21.0. The van der Waals surface area contributed by atoms with Crippen molar-refractivity contribution in [1.82, 2.24) is 14.8 Å². The van der Waals surface area contributed by atoms with Crippen LogP contribution in [-0.2, 0) is 6.54 Å². The number of halogens is 1. The van der Waals surface area contributed by atoms with E-state index in [1.165, 1.54) is 24.3 Å². The maximum Gasteiger partial charge on any atom is 0.257 e. The number of nitrogens with zero attached hydrogens (tertiary/aromatic N) is 2. The van der Waals surface area contributed by atoms with E-state index in [1.54, 1.807) is 12.1 Å². The number of thiocarbonyl (C=S) groups is 1. The lowest BCUT2D eigenvalue weighted by molar-refractivity contribution is 0.0968. The van der Waals surface area contributed by atoms with Gasteiger partial charge in [0.25, 0.3) is 11.5 Å². The lowest BCUT2D eigenvalue weighted by Gasteiger charge is -2.43. The molecule has 0 radical (unpaired) electrons. The second-order valence-electron chi connectivity index (χ2n) is 6.87. The third-order valence-electron chi connectivity index (χ3n) is 5.09. The standard InChI is InChI=1S/C19H18FN3O2S/c20-15-6-4-13(5-7-15)18(25)21-19(26)22-9-12-8-14(11-22)16-2-1-3-17(24)23(16)10-12/h1-7,12,14H,8-11H2,(H,21,25,26)/t12-,14+/m1/s1. The van der Waals surface area contributed by atoms with Gasteiger partial charge >= 0.3 is 0 Å². The van der Waals surface area contributed by atoms with Gasteiger partial charge in [-0.2, -0.15) is 0 Å². The molecule has 1 aromatic heterocycles. The Bertz CT molecular complexity index is 925. The zero-order valence-electron chi connectivity index (χ0n) is 14.0. The van der Waals surface area contributed by atoms with Crippen molar-refractivity contribution in [2.45, 2.75) is 18.9 Å². The summed E-state index contributed by atoms with van der Waals surface area (Å²) in [6.07, 6.45) is 1.02. The predicted molar refractivity (Wildman–Crippen MR) is 99.6 cm³/mol. The molecule has 2 atom stereocenters. The van der Waals surface area contributed by atoms with Crippen LogP contribution >= 0.6 is 12.2 Å². The van der Waals surface area contributed by atoms with Gasteiger partial charge in [-0.15, -0.1) is 0 Å². The molecule has 0 saturated carbocycles. The first kappa shape index (κ1) is 16.9. The van der Waals surface area contributed by atoms with E-state index in [1.807, 2.05) is 15.5 Å². The van der Waals surface area contributed by atoms with Crippen molar-refractivity contribution in [3.05, 3.63) is 69.9 Å². The SMILES string of the molecule is O=C(NC(=S)N1C[C@H]2C[C@@H](C1)c1cccc(=O)n1C2)c1ccc(F)cc1. The van der Waals surface area contributed by atoms with Crippen LogP contribution in [0.25, 0.3) is 0 Å². The van der Waals surface area contributed by atoms with Crippen molar-refractivity contribution >= 4 is 23.2 Å². The first-order chi connectivity index (χ1) is 12.5. The molecule has 134 valence electrons. The molecular formula is C19H18FN3O2S. The zero-order valence-corrected chi connectivity index (χ0v) is 14.8. The van der Waals surface area contributed by atoms with Gasteiger partial charge in [0.05, 0.1) is 0 Å². The van der Waals surface area contributed by atoms with Crippen molar-refractivity contribution in [1.29, 1.82) is 0 Å². The number of likely N-dealkylation sites (tertiary alicyclic amines) is 1. The molecule has 0 unspecified atom stereocenters. The lowest BCUT2D eigenvalue weighted by atomic mass is 9.83. The summed E-state index contributed by atoms with van der Waals surface area (Å²) in [5.74, 6) is -0.191. The van der Waals surface area contributed by atoms with Crippen LogP contribution in [0.2, 0.25) is 0 Å². The van der Waals surface area contributed by atoms with Gasteiger partial charge in [0, 0.05) is 42.9 Å². The van der Waals surface area contributed by atoms with Crippen molar-refractivity contribution in [3.8, 4) is 0 Å². The summed E-state index contributed by atoms with van der Waals surface area (Å²) in [6, 6.07) is 10.7. The minimum absolute atomic E-state index is 0.0397. The smallest absolute Gasteiger partial charge is 0.257 e. The fraction of sp³-hybridized carbons (Fsp3) is 0.316. The van der Waals surface area contributed by atoms with E-state index in [2.05, 4.69) is 5.32 Å². The molecule has 3 heterocycles. The topological polar surface area (TPSA) is 54.3 Å². The van der Waals surface area contributed by atoms with E-state index >= 15 is 0 Å². The highest BCUT2D eigenvalue weighted by Gasteiger charge is 2.35. The lowest BCUT2D eigenvalue weighted by Crippen LogP contribution is -2.52. The largest absolute Gasteiger partial charge is 0.348 e. The maximum atomic E-state index is 13.0. The average molecular weight is 371 g/mol. The molecule has 1 fully saturated rings. The molecule has 2 aromatic rings. The number of carbonyl (C=O) groups is 1. The molecule has 1 N–H and O–H groups in total. The third kappa shape index (κ3) is 3.14. The Hall–Kier alpha value is -2.54. The van der Waals surface area contributed by atoms with Crippen LogP contribution < -0.4 is 10.9 Å². The molecule has 26 heavy (non-hydrogen) atoms. The first-order valence-corrected chi connectivity index (χ1v) is 8.97. The summed E-state index contributed by atoms with van der Waals surface area (Å²) < 4.78 is 14.9. The minimum Gasteiger partial charge on any atom is -0.348 e. The number of pyridine rings is 1. The van der Waals surface area contributed by atoms with E-state index in [0.29, 0.717) is 36.2 Å². The molecule has 7 heteroatoms. The van der Waals surface area contributed by atoms with E-state index in [9.17, 15) is 14.0 Å². The Morgan fingerprint density at radius 2 is 1.88 bits per heavy atom. The molecule has 0 spiro atoms. The van der Waals surface area contributed by atoms with Crippen molar-refractivity contribution in [3.63, 3.8) is 0 Å². The number of amides is 1. The number of carbonyl (C=O) groups excluding carboxylic acids is 1. The van der Waals surface area contributed by atoms with Gasteiger partial charge in [0.2, 0.25) is 0 Å². The predicted octanol–water partition coefficient (Wildman–Crippen LogP) is 2.12. The minimum atomic E-state index is -0.387. The first-order valence-electron chi connectivity index (χ1n) is 8.57. The van der Waals surface area contributed by atoms with Gasteiger partial charge in [-0.25, -0.2) is 4.39 Å². The molecule has 1 saturated heterocycles. The van der Waals surface area contributed by atoms with Gasteiger partial charge in [-0.1, -0.05) is 6.07 Å². The van der Waals surface area contributed by atoms with E-state index in [4.69, 9.17) is 12.2 Å². The van der Waals surface area contributed by atoms with Gasteiger partial charge in [0.1, 0.15) is 5.82 Å². The van der Waals surface area contributed by atoms with Crippen LogP contribution in [0.5, 0.6) is 0 Å². The fourth-order valence-corrected chi connectivity index (χ4v) is 4.15. The Labute approximate surface area is 155 Å². The highest BCUT2D eigenvalue weighted by atomic mass is 32.1. The average Bonchev–Trinajstić information content (AvgIpc) is 2.63. The number of rotatable bonds is 1. The second kappa shape index (κ2) is 6.64. The van der Waals surface area contributed by atoms with Crippen molar-refractivity contribution < 1.29 is 9.18 Å². The van der Waals surface area contributed by atoms with Crippen LogP contribution in [0.3, 0.4) is 0 Å². The molecular weight excluding hydrogens is 353 g/mol. The van der Waals surface area contributed by atoms with Gasteiger partial charge in [-0.3, -0.25) is 14.9 Å². The van der Waals surface area contributed by atoms with Crippen LogP contribution in [0.1, 0.15) is 28.4 Å². The quantitative estimate of drug-likeness (QED) is 0.781. The van der Waals surface area contributed by atoms with Gasteiger partial charge in [-0.05, 0) is 54.9 Å². The molecule has 5 nitrogen and oxygen atoms in total. The van der Waals surface area contributed by atoms with Crippen molar-refractivity contribution in [2.24, 2.45) is 5.92 Å². The van der Waals surface area contributed by atoms with Crippen LogP contribution in [0, 0.1) is 11.7 Å². The number of hydrogen-bond donors (Lipinski definition) is 1. The number of fused-ring (bicyclic) bond motifs is 4. The number of nitrogens with one attached hydrogen (secondary N) is 1. The fourth-order valence-electron chi connectivity index (χ4n) is 3.91. The summed E-state index contributed by atoms with van der Waals surface area (Å²) in [7, 11) is 0. The number of aromatic nitrogens is 1. The number of piperidine rings is 1. The third-order valence-corrected chi connectivity index (χ3v) is 5.45. The summed E-state index contributed by atoms with van der Waals surface area (Å²) in [6.45, 7) is 2.05. The maximum absolute atomic E-state index is 13.0. The number of benzene rings is 1. The highest BCUT2D eigenvalue weighted by Crippen LogP contribution is 2.34. The van der Waals surface area contributed by atoms with E-state index in [0.717, 1.165) is 12.1 Å². The second-order valence-corrected chi connectivity index (χ2v) is 7.26. The molecule has 2 aliphatic heterocycles. The Balaban J connectivity index is 1.48.